The highest BCUT2D eigenvalue weighted by Crippen LogP contribution is 2.47. The molecule has 2 aromatic carbocycles. The number of carboxylic acids is 1. The summed E-state index contributed by atoms with van der Waals surface area (Å²) in [6.07, 6.45) is -0.547. The van der Waals surface area contributed by atoms with E-state index in [1.165, 1.54) is 0 Å². The van der Waals surface area contributed by atoms with Gasteiger partial charge in [-0.3, -0.25) is 29.6 Å². The van der Waals surface area contributed by atoms with Crippen molar-refractivity contribution < 1.29 is 33.6 Å². The summed E-state index contributed by atoms with van der Waals surface area (Å²) in [5.74, 6) is -0.884. The maximum Gasteiger partial charge on any atom is 0.303 e. The summed E-state index contributed by atoms with van der Waals surface area (Å²) in [5.41, 5.74) is 45.3. The van der Waals surface area contributed by atoms with E-state index in [-0.39, 0.29) is 107 Å². The third kappa shape index (κ3) is 14.7. The molecule has 0 saturated carbocycles. The molecule has 20 nitrogen and oxygen atoms in total. The van der Waals surface area contributed by atoms with Crippen LogP contribution in [-0.2, 0) is 16.1 Å². The lowest BCUT2D eigenvalue weighted by Crippen LogP contribution is -2.25. The van der Waals surface area contributed by atoms with Crippen LogP contribution in [0.15, 0.2) is 50.3 Å². The van der Waals surface area contributed by atoms with Gasteiger partial charge in [0, 0.05) is 29.7 Å². The Bertz CT molecular complexity index is 1510. The lowest BCUT2D eigenvalue weighted by Gasteiger charge is -2.22. The van der Waals surface area contributed by atoms with Crippen molar-refractivity contribution in [1.29, 1.82) is 0 Å². The molecule has 0 unspecified atom stereocenters. The lowest BCUT2D eigenvalue weighted by molar-refractivity contribution is -0.138. The van der Waals surface area contributed by atoms with Crippen LogP contribution in [-0.4, -0.2) is 93.4 Å². The third-order valence-electron chi connectivity index (χ3n) is 6.04. The Morgan fingerprint density at radius 2 is 1.06 bits per heavy atom. The molecule has 0 radical (unpaired) electrons. The number of guanidine groups is 4. The van der Waals surface area contributed by atoms with Crippen LogP contribution < -0.4 is 70.1 Å². The van der Waals surface area contributed by atoms with Gasteiger partial charge < -0.3 is 75.2 Å². The number of carbonyl (C=O) groups is 2. The van der Waals surface area contributed by atoms with Crippen molar-refractivity contribution in [3.8, 4) is 34.1 Å². The molecule has 49 heavy (non-hydrogen) atoms. The highest BCUT2D eigenvalue weighted by Gasteiger charge is 2.23. The van der Waals surface area contributed by atoms with Crippen molar-refractivity contribution in [1.82, 2.24) is 5.32 Å². The molecule has 2 aromatic rings. The van der Waals surface area contributed by atoms with E-state index in [0.29, 0.717) is 28.2 Å². The van der Waals surface area contributed by atoms with Gasteiger partial charge in [0.15, 0.2) is 46.8 Å². The van der Waals surface area contributed by atoms with Gasteiger partial charge in [-0.05, 0) is 12.1 Å². The van der Waals surface area contributed by atoms with E-state index < -0.39 is 11.9 Å². The van der Waals surface area contributed by atoms with Gasteiger partial charge in [-0.25, -0.2) is 0 Å². The molecular formula is C29H45N13O7. The SMILES string of the molecule is NC(N)=NCCOc1cccc(-c2ccc(CNC(=O)CCC(=O)O)c(OCCN=C(N)N)c2OCCN=C(N)N)c1OCCN=C(N)N. The molecule has 1 amide bonds. The quantitative estimate of drug-likeness (QED) is 0.0346. The first kappa shape index (κ1) is 38.8. The number of carbonyl (C=O) groups excluding carboxylic acids is 1. The third-order valence-corrected chi connectivity index (χ3v) is 6.04. The Kier molecular flexibility index (Phi) is 16.4. The minimum Gasteiger partial charge on any atom is -0.488 e. The van der Waals surface area contributed by atoms with E-state index in [2.05, 4.69) is 25.3 Å². The maximum atomic E-state index is 12.4. The minimum atomic E-state index is -1.10. The molecule has 0 aromatic heterocycles. The van der Waals surface area contributed by atoms with Crippen molar-refractivity contribution in [2.45, 2.75) is 19.4 Å². The number of para-hydroxylation sites is 1. The topological polar surface area (TPSA) is 361 Å². The Hall–Kier alpha value is -6.34. The average molecular weight is 688 g/mol. The molecule has 0 heterocycles. The molecule has 0 fully saturated rings. The number of nitrogens with two attached hydrogens (primary N) is 8. The van der Waals surface area contributed by atoms with Crippen molar-refractivity contribution >= 4 is 35.7 Å². The van der Waals surface area contributed by atoms with Gasteiger partial charge >= 0.3 is 5.97 Å². The van der Waals surface area contributed by atoms with Gasteiger partial charge in [-0.15, -0.1) is 0 Å². The highest BCUT2D eigenvalue weighted by molar-refractivity contribution is 5.83. The number of nitrogens with zero attached hydrogens (tertiary/aromatic N) is 4. The number of nitrogens with one attached hydrogen (secondary N) is 1. The van der Waals surface area contributed by atoms with Crippen molar-refractivity contribution in [3.05, 3.63) is 35.9 Å². The van der Waals surface area contributed by atoms with Gasteiger partial charge in [-0.2, -0.15) is 0 Å². The lowest BCUT2D eigenvalue weighted by atomic mass is 9.99. The minimum absolute atomic E-state index is 0.0129. The Labute approximate surface area is 282 Å². The fourth-order valence-electron chi connectivity index (χ4n) is 4.05. The number of hydrogen-bond donors (Lipinski definition) is 10. The molecule has 2 rings (SSSR count). The molecule has 0 aliphatic carbocycles. The number of benzene rings is 2. The Balaban J connectivity index is 2.69. The first-order chi connectivity index (χ1) is 23.4. The van der Waals surface area contributed by atoms with E-state index in [0.717, 1.165) is 0 Å². The summed E-state index contributed by atoms with van der Waals surface area (Å²) >= 11 is 0. The predicted molar refractivity (Wildman–Crippen MR) is 185 cm³/mol. The van der Waals surface area contributed by atoms with Crippen LogP contribution in [0.5, 0.6) is 23.0 Å². The summed E-state index contributed by atoms with van der Waals surface area (Å²) in [6, 6.07) is 8.66. The summed E-state index contributed by atoms with van der Waals surface area (Å²) < 4.78 is 24.5. The van der Waals surface area contributed by atoms with Crippen LogP contribution in [0.1, 0.15) is 18.4 Å². The molecule has 0 atom stereocenters. The monoisotopic (exact) mass is 687 g/mol. The molecule has 0 aliphatic heterocycles. The molecule has 20 heteroatoms. The Morgan fingerprint density at radius 3 is 1.57 bits per heavy atom. The second-order valence-electron chi connectivity index (χ2n) is 9.85. The summed E-state index contributed by atoms with van der Waals surface area (Å²) in [5, 5.41) is 11.7. The largest absolute Gasteiger partial charge is 0.488 e. The number of aliphatic imine (C=N–C) groups is 4. The highest BCUT2D eigenvalue weighted by atomic mass is 16.5. The van der Waals surface area contributed by atoms with Gasteiger partial charge in [0.25, 0.3) is 0 Å². The van der Waals surface area contributed by atoms with Crippen molar-refractivity contribution in [2.24, 2.45) is 65.8 Å². The smallest absolute Gasteiger partial charge is 0.303 e. The molecular weight excluding hydrogens is 642 g/mol. The van der Waals surface area contributed by atoms with Crippen LogP contribution in [0.3, 0.4) is 0 Å². The number of ether oxygens (including phenoxy) is 4. The molecule has 0 saturated heterocycles. The second kappa shape index (κ2) is 20.7. The van der Waals surface area contributed by atoms with Crippen LogP contribution >= 0.6 is 0 Å². The fraction of sp³-hybridized carbons (Fsp3) is 0.379. The van der Waals surface area contributed by atoms with Crippen LogP contribution in [0.25, 0.3) is 11.1 Å². The molecule has 0 aliphatic rings. The number of aliphatic carboxylic acids is 1. The summed E-state index contributed by atoms with van der Waals surface area (Å²) in [4.78, 5) is 39.2. The first-order valence-corrected chi connectivity index (χ1v) is 14.9. The van der Waals surface area contributed by atoms with E-state index in [9.17, 15) is 9.59 Å². The maximum absolute atomic E-state index is 12.4. The first-order valence-electron chi connectivity index (χ1n) is 14.9. The summed E-state index contributed by atoms with van der Waals surface area (Å²) in [6.45, 7) is 0.710. The van der Waals surface area contributed by atoms with E-state index in [1.807, 2.05) is 0 Å². The predicted octanol–water partition coefficient (Wildman–Crippen LogP) is -2.56. The van der Waals surface area contributed by atoms with Crippen molar-refractivity contribution in [3.63, 3.8) is 0 Å². The molecule has 268 valence electrons. The number of rotatable bonds is 22. The van der Waals surface area contributed by atoms with Crippen LogP contribution in [0, 0.1) is 0 Å². The summed E-state index contributed by atoms with van der Waals surface area (Å²) in [7, 11) is 0. The zero-order valence-corrected chi connectivity index (χ0v) is 27.0. The zero-order chi connectivity index (χ0) is 36.2. The second-order valence-corrected chi connectivity index (χ2v) is 9.85. The van der Waals surface area contributed by atoms with Crippen molar-refractivity contribution in [2.75, 3.05) is 52.6 Å². The van der Waals surface area contributed by atoms with Gasteiger partial charge in [0.05, 0.1) is 32.6 Å². The fourth-order valence-corrected chi connectivity index (χ4v) is 4.05. The Morgan fingerprint density at radius 1 is 0.592 bits per heavy atom. The molecule has 0 spiro atoms. The number of amides is 1. The van der Waals surface area contributed by atoms with E-state index >= 15 is 0 Å². The van der Waals surface area contributed by atoms with Gasteiger partial charge in [-0.1, -0.05) is 18.2 Å². The number of hydrogen-bond acceptors (Lipinski definition) is 10. The zero-order valence-electron chi connectivity index (χ0n) is 27.0. The van der Waals surface area contributed by atoms with Gasteiger partial charge in [0.2, 0.25) is 5.91 Å². The molecule has 18 N–H and O–H groups in total. The van der Waals surface area contributed by atoms with Crippen LogP contribution in [0.2, 0.25) is 0 Å². The molecule has 0 bridgehead atoms. The van der Waals surface area contributed by atoms with E-state index in [4.69, 9.17) is 69.9 Å². The number of carboxylic acid groups (broad SMARTS) is 1. The van der Waals surface area contributed by atoms with Crippen LogP contribution in [0.4, 0.5) is 0 Å². The van der Waals surface area contributed by atoms with Gasteiger partial charge in [0.1, 0.15) is 26.4 Å². The standard InChI is InChI=1S/C29H45N13O7/c30-26(31)38-8-12-46-20-3-1-2-18(24(20)48-14-10-40-28(34)35)19-5-4-17(16-42-21(43)6-7-22(44)45)23(47-13-9-39-27(32)33)25(19)49-15-11-41-29(36)37/h1-5H,6-16H2,(H,42,43)(H,44,45)(H4,30,31,38)(H4,32,33,39)(H4,34,35,40)(H4,36,37,41). The van der Waals surface area contributed by atoms with E-state index in [1.54, 1.807) is 30.3 Å². The normalized spacial score (nSPS) is 10.2. The average Bonchev–Trinajstić information content (AvgIpc) is 3.03.